The van der Waals surface area contributed by atoms with Crippen molar-refractivity contribution in [1.82, 2.24) is 5.32 Å². The summed E-state index contributed by atoms with van der Waals surface area (Å²) in [6.07, 6.45) is 8.22. The minimum Gasteiger partial charge on any atom is -0.307 e. The lowest BCUT2D eigenvalue weighted by molar-refractivity contribution is 0.318. The molecule has 2 atom stereocenters. The van der Waals surface area contributed by atoms with E-state index in [9.17, 15) is 0 Å². The van der Waals surface area contributed by atoms with Gasteiger partial charge in [-0.25, -0.2) is 0 Å². The monoisotopic (exact) mass is 323 g/mol. The van der Waals surface area contributed by atoms with E-state index in [4.69, 9.17) is 0 Å². The van der Waals surface area contributed by atoms with Gasteiger partial charge in [-0.05, 0) is 67.8 Å². The van der Waals surface area contributed by atoms with Crippen LogP contribution in [0.25, 0.3) is 11.1 Å². The van der Waals surface area contributed by atoms with Gasteiger partial charge in [-0.2, -0.15) is 0 Å². The summed E-state index contributed by atoms with van der Waals surface area (Å²) in [4.78, 5) is 0. The largest absolute Gasteiger partial charge is 0.307 e. The van der Waals surface area contributed by atoms with Crippen LogP contribution in [0.15, 0.2) is 48.6 Å². The fourth-order valence-corrected chi connectivity index (χ4v) is 3.99. The molecule has 1 aromatic carbocycles. The third kappa shape index (κ3) is 3.15. The lowest BCUT2D eigenvalue weighted by Crippen LogP contribution is -2.49. The number of hydrogen-bond donors (Lipinski definition) is 1. The number of rotatable bonds is 5. The fraction of sp³-hybridized carbons (Fsp3) is 0.478. The average Bonchev–Trinajstić information content (AvgIpc) is 2.59. The van der Waals surface area contributed by atoms with E-state index in [1.54, 1.807) is 0 Å². The lowest BCUT2D eigenvalue weighted by atomic mass is 9.61. The number of allylic oxidation sites excluding steroid dienone is 3. The van der Waals surface area contributed by atoms with Crippen LogP contribution >= 0.6 is 0 Å². The maximum Gasteiger partial charge on any atom is 0.0627 e. The molecule has 0 bridgehead atoms. The van der Waals surface area contributed by atoms with Gasteiger partial charge in [0.25, 0.3) is 0 Å². The molecule has 0 aliphatic heterocycles. The Morgan fingerprint density at radius 2 is 1.83 bits per heavy atom. The summed E-state index contributed by atoms with van der Waals surface area (Å²) in [5.41, 5.74) is 6.66. The molecule has 1 aromatic rings. The van der Waals surface area contributed by atoms with Crippen molar-refractivity contribution in [2.24, 2.45) is 5.41 Å². The summed E-state index contributed by atoms with van der Waals surface area (Å²) in [6.45, 7) is 15.4. The first kappa shape index (κ1) is 18.7. The molecule has 1 heteroatoms. The molecular weight excluding hydrogens is 290 g/mol. The first-order valence-electron chi connectivity index (χ1n) is 9.19. The second kappa shape index (κ2) is 7.11. The van der Waals surface area contributed by atoms with Crippen LogP contribution in [0.3, 0.4) is 0 Å². The van der Waals surface area contributed by atoms with Crippen LogP contribution in [0, 0.1) is 5.41 Å². The van der Waals surface area contributed by atoms with Gasteiger partial charge in [0, 0.05) is 0 Å². The quantitative estimate of drug-likeness (QED) is 0.633. The molecule has 2 rings (SSSR count). The first-order chi connectivity index (χ1) is 11.3. The summed E-state index contributed by atoms with van der Waals surface area (Å²) >= 11 is 0. The Hall–Kier alpha value is -1.60. The molecule has 130 valence electrons. The maximum atomic E-state index is 4.04. The highest BCUT2D eigenvalue weighted by molar-refractivity contribution is 5.79. The van der Waals surface area contributed by atoms with Gasteiger partial charge in [0.2, 0.25) is 0 Å². The molecule has 1 aliphatic carbocycles. The molecule has 24 heavy (non-hydrogen) atoms. The van der Waals surface area contributed by atoms with Crippen LogP contribution in [0.4, 0.5) is 0 Å². The van der Waals surface area contributed by atoms with Crippen molar-refractivity contribution in [1.29, 1.82) is 0 Å². The summed E-state index contributed by atoms with van der Waals surface area (Å²) in [5, 5.41) is 3.64. The van der Waals surface area contributed by atoms with E-state index in [1.165, 1.54) is 22.3 Å². The van der Waals surface area contributed by atoms with Crippen molar-refractivity contribution in [3.05, 3.63) is 59.7 Å². The van der Waals surface area contributed by atoms with E-state index >= 15 is 0 Å². The van der Waals surface area contributed by atoms with Crippen LogP contribution in [0.5, 0.6) is 0 Å². The number of nitrogens with one attached hydrogen (secondary N) is 1. The van der Waals surface area contributed by atoms with Crippen LogP contribution in [-0.2, 0) is 0 Å². The lowest BCUT2D eigenvalue weighted by Gasteiger charge is -2.48. The SMILES string of the molecule is C=C(C)c1ccc(C2=CCC(C)(CC)/C(=C\CC)C2(C)NC)cc1. The molecule has 0 fully saturated rings. The highest BCUT2D eigenvalue weighted by Crippen LogP contribution is 2.50. The van der Waals surface area contributed by atoms with Crippen molar-refractivity contribution in [2.75, 3.05) is 7.05 Å². The zero-order chi connectivity index (χ0) is 18.0. The molecule has 2 unspecified atom stereocenters. The van der Waals surface area contributed by atoms with Gasteiger partial charge < -0.3 is 5.32 Å². The van der Waals surface area contributed by atoms with Crippen LogP contribution in [0.2, 0.25) is 0 Å². The van der Waals surface area contributed by atoms with Crippen molar-refractivity contribution in [3.8, 4) is 0 Å². The summed E-state index contributed by atoms with van der Waals surface area (Å²) in [7, 11) is 2.08. The predicted molar refractivity (Wildman–Crippen MR) is 108 cm³/mol. The van der Waals surface area contributed by atoms with Gasteiger partial charge in [0.05, 0.1) is 5.54 Å². The normalized spacial score (nSPS) is 28.8. The van der Waals surface area contributed by atoms with E-state index < -0.39 is 0 Å². The Labute approximate surface area is 148 Å². The molecule has 0 amide bonds. The zero-order valence-electron chi connectivity index (χ0n) is 16.3. The summed E-state index contributed by atoms with van der Waals surface area (Å²) in [5.74, 6) is 0. The van der Waals surface area contributed by atoms with Crippen molar-refractivity contribution >= 4 is 11.1 Å². The fourth-order valence-electron chi connectivity index (χ4n) is 3.99. The van der Waals surface area contributed by atoms with E-state index in [1.807, 2.05) is 0 Å². The third-order valence-corrected chi connectivity index (χ3v) is 5.86. The van der Waals surface area contributed by atoms with Gasteiger partial charge in [0.1, 0.15) is 0 Å². The third-order valence-electron chi connectivity index (χ3n) is 5.86. The van der Waals surface area contributed by atoms with Gasteiger partial charge in [-0.1, -0.05) is 69.3 Å². The topological polar surface area (TPSA) is 12.0 Å². The van der Waals surface area contributed by atoms with Gasteiger partial charge in [0.15, 0.2) is 0 Å². The van der Waals surface area contributed by atoms with Crippen molar-refractivity contribution < 1.29 is 0 Å². The first-order valence-corrected chi connectivity index (χ1v) is 9.19. The maximum absolute atomic E-state index is 4.04. The standard InChI is InChI=1S/C23H33N/c1-8-10-21-22(5,9-2)16-15-20(23(21,6)24-7)19-13-11-18(12-14-19)17(3)4/h10-15,24H,3,8-9,16H2,1-2,4-7H3/b21-10+. The minimum absolute atomic E-state index is 0.121. The van der Waals surface area contributed by atoms with Gasteiger partial charge in [-0.15, -0.1) is 0 Å². The summed E-state index contributed by atoms with van der Waals surface area (Å²) < 4.78 is 0. The Morgan fingerprint density at radius 1 is 1.21 bits per heavy atom. The van der Waals surface area contributed by atoms with Gasteiger partial charge >= 0.3 is 0 Å². The molecule has 1 nitrogen and oxygen atoms in total. The molecule has 0 radical (unpaired) electrons. The average molecular weight is 324 g/mol. The Morgan fingerprint density at radius 3 is 2.29 bits per heavy atom. The van der Waals surface area contributed by atoms with E-state index in [0.717, 1.165) is 24.8 Å². The van der Waals surface area contributed by atoms with Crippen LogP contribution in [0.1, 0.15) is 65.0 Å². The van der Waals surface area contributed by atoms with Gasteiger partial charge in [-0.3, -0.25) is 0 Å². The van der Waals surface area contributed by atoms with Crippen LogP contribution < -0.4 is 5.32 Å². The van der Waals surface area contributed by atoms with Crippen LogP contribution in [-0.4, -0.2) is 12.6 Å². The summed E-state index contributed by atoms with van der Waals surface area (Å²) in [6, 6.07) is 8.85. The Bertz CT molecular complexity index is 662. The van der Waals surface area contributed by atoms with E-state index in [-0.39, 0.29) is 11.0 Å². The number of likely N-dealkylation sites (N-methyl/N-ethyl adjacent to an activating group) is 1. The molecule has 0 spiro atoms. The van der Waals surface area contributed by atoms with E-state index in [0.29, 0.717) is 0 Å². The smallest absolute Gasteiger partial charge is 0.0627 e. The molecule has 0 heterocycles. The molecule has 1 N–H and O–H groups in total. The van der Waals surface area contributed by atoms with E-state index in [2.05, 4.69) is 90.0 Å². The molecular formula is C23H33N. The highest BCUT2D eigenvalue weighted by Gasteiger charge is 2.44. The molecule has 1 aliphatic rings. The molecule has 0 saturated carbocycles. The van der Waals surface area contributed by atoms with Crippen molar-refractivity contribution in [2.45, 2.75) is 59.4 Å². The minimum atomic E-state index is -0.121. The Kier molecular flexibility index (Phi) is 5.55. The second-order valence-corrected chi connectivity index (χ2v) is 7.49. The second-order valence-electron chi connectivity index (χ2n) is 7.49. The zero-order valence-corrected chi connectivity index (χ0v) is 16.3. The number of benzene rings is 1. The highest BCUT2D eigenvalue weighted by atomic mass is 14.9. The Balaban J connectivity index is 2.57. The molecule has 0 saturated heterocycles. The number of hydrogen-bond acceptors (Lipinski definition) is 1. The van der Waals surface area contributed by atoms with Crippen molar-refractivity contribution in [3.63, 3.8) is 0 Å². The molecule has 0 aromatic heterocycles. The predicted octanol–water partition coefficient (Wildman–Crippen LogP) is 6.24.